The van der Waals surface area contributed by atoms with Gasteiger partial charge in [-0.1, -0.05) is 11.6 Å². The van der Waals surface area contributed by atoms with E-state index < -0.39 is 0 Å². The third kappa shape index (κ3) is 5.44. The number of nitrogens with zero attached hydrogens (tertiary/aromatic N) is 2. The molecule has 0 saturated carbocycles. The molecule has 0 aliphatic carbocycles. The molecule has 0 saturated heterocycles. The Morgan fingerprint density at radius 3 is 2.74 bits per heavy atom. The van der Waals surface area contributed by atoms with Crippen molar-refractivity contribution in [2.75, 3.05) is 39.5 Å². The second kappa shape index (κ2) is 7.96. The summed E-state index contributed by atoms with van der Waals surface area (Å²) in [4.78, 5) is 18.1. The molecule has 6 heteroatoms. The number of anilines is 1. The monoisotopic (exact) mass is 284 g/mol. The van der Waals surface area contributed by atoms with Crippen molar-refractivity contribution in [3.05, 3.63) is 22.8 Å². The van der Waals surface area contributed by atoms with E-state index in [0.29, 0.717) is 22.9 Å². The van der Waals surface area contributed by atoms with Crippen molar-refractivity contribution >= 4 is 23.3 Å². The first kappa shape index (κ1) is 15.7. The Bertz CT molecular complexity index is 423. The largest absolute Gasteiger partial charge is 0.372 e. The standard InChI is InChI=1S/C13H21ClN4O/c1-15-12-11(14)8-10(9-17-12)13(19)16-6-4-5-7-18(2)3/h8-9H,4-7H2,1-3H3,(H,15,17)(H,16,19). The predicted octanol–water partition coefficient (Wildman–Crippen LogP) is 1.85. The summed E-state index contributed by atoms with van der Waals surface area (Å²) in [5, 5.41) is 6.16. The molecule has 1 heterocycles. The van der Waals surface area contributed by atoms with Gasteiger partial charge in [-0.2, -0.15) is 0 Å². The van der Waals surface area contributed by atoms with Crippen LogP contribution in [0.1, 0.15) is 23.2 Å². The number of carbonyl (C=O) groups excluding carboxylic acids is 1. The maximum Gasteiger partial charge on any atom is 0.252 e. The Balaban J connectivity index is 2.39. The van der Waals surface area contributed by atoms with Crippen LogP contribution in [0.3, 0.4) is 0 Å². The Morgan fingerprint density at radius 1 is 1.42 bits per heavy atom. The Labute approximate surface area is 119 Å². The molecule has 0 fully saturated rings. The van der Waals surface area contributed by atoms with Crippen molar-refractivity contribution < 1.29 is 4.79 Å². The highest BCUT2D eigenvalue weighted by atomic mass is 35.5. The van der Waals surface area contributed by atoms with Crippen LogP contribution in [0.4, 0.5) is 5.82 Å². The van der Waals surface area contributed by atoms with Gasteiger partial charge in [-0.05, 0) is 39.5 Å². The van der Waals surface area contributed by atoms with E-state index in [1.807, 2.05) is 14.1 Å². The fourth-order valence-corrected chi connectivity index (χ4v) is 1.86. The number of nitrogens with one attached hydrogen (secondary N) is 2. The maximum absolute atomic E-state index is 11.9. The zero-order valence-electron chi connectivity index (χ0n) is 11.7. The summed E-state index contributed by atoms with van der Waals surface area (Å²) in [5.41, 5.74) is 0.483. The molecule has 0 atom stereocenters. The van der Waals surface area contributed by atoms with Gasteiger partial charge in [0.15, 0.2) is 0 Å². The molecule has 1 aromatic rings. The van der Waals surface area contributed by atoms with Crippen molar-refractivity contribution in [1.82, 2.24) is 15.2 Å². The minimum atomic E-state index is -0.137. The molecular weight excluding hydrogens is 264 g/mol. The summed E-state index contributed by atoms with van der Waals surface area (Å²) in [6, 6.07) is 1.62. The molecule has 0 spiro atoms. The first-order valence-corrected chi connectivity index (χ1v) is 6.68. The van der Waals surface area contributed by atoms with Crippen LogP contribution >= 0.6 is 11.6 Å². The molecule has 0 radical (unpaired) electrons. The number of halogens is 1. The first-order valence-electron chi connectivity index (χ1n) is 6.31. The molecule has 0 aliphatic rings. The van der Waals surface area contributed by atoms with Gasteiger partial charge in [-0.25, -0.2) is 4.98 Å². The molecule has 106 valence electrons. The minimum absolute atomic E-state index is 0.137. The van der Waals surface area contributed by atoms with Crippen LogP contribution in [0.5, 0.6) is 0 Å². The van der Waals surface area contributed by atoms with E-state index in [9.17, 15) is 4.79 Å². The number of rotatable bonds is 7. The minimum Gasteiger partial charge on any atom is -0.372 e. The van der Waals surface area contributed by atoms with Crippen LogP contribution in [0.15, 0.2) is 12.3 Å². The molecular formula is C13H21ClN4O. The average molecular weight is 285 g/mol. The number of carbonyl (C=O) groups is 1. The summed E-state index contributed by atoms with van der Waals surface area (Å²) in [5.74, 6) is 0.436. The second-order valence-corrected chi connectivity index (χ2v) is 4.98. The van der Waals surface area contributed by atoms with Crippen LogP contribution in [0.25, 0.3) is 0 Å². The zero-order chi connectivity index (χ0) is 14.3. The predicted molar refractivity (Wildman–Crippen MR) is 78.9 cm³/mol. The highest BCUT2D eigenvalue weighted by Gasteiger charge is 2.08. The van der Waals surface area contributed by atoms with E-state index in [0.717, 1.165) is 19.4 Å². The third-order valence-electron chi connectivity index (χ3n) is 2.66. The van der Waals surface area contributed by atoms with E-state index >= 15 is 0 Å². The second-order valence-electron chi connectivity index (χ2n) is 4.57. The van der Waals surface area contributed by atoms with Crippen LogP contribution in [0.2, 0.25) is 5.02 Å². The molecule has 0 bridgehead atoms. The number of hydrogen-bond acceptors (Lipinski definition) is 4. The highest BCUT2D eigenvalue weighted by Crippen LogP contribution is 2.19. The summed E-state index contributed by atoms with van der Waals surface area (Å²) < 4.78 is 0. The SMILES string of the molecule is CNc1ncc(C(=O)NCCCCN(C)C)cc1Cl. The van der Waals surface area contributed by atoms with Crippen LogP contribution < -0.4 is 10.6 Å². The van der Waals surface area contributed by atoms with E-state index in [4.69, 9.17) is 11.6 Å². The topological polar surface area (TPSA) is 57.3 Å². The summed E-state index contributed by atoms with van der Waals surface area (Å²) in [6.45, 7) is 1.69. The van der Waals surface area contributed by atoms with Gasteiger partial charge in [0.25, 0.3) is 5.91 Å². The Morgan fingerprint density at radius 2 is 2.16 bits per heavy atom. The average Bonchev–Trinajstić information content (AvgIpc) is 2.37. The van der Waals surface area contributed by atoms with Gasteiger partial charge in [0.2, 0.25) is 0 Å². The van der Waals surface area contributed by atoms with Crippen LogP contribution in [0, 0.1) is 0 Å². The molecule has 1 rings (SSSR count). The highest BCUT2D eigenvalue weighted by molar-refractivity contribution is 6.33. The fourth-order valence-electron chi connectivity index (χ4n) is 1.60. The Hall–Kier alpha value is -1.33. The molecule has 1 aromatic heterocycles. The molecule has 0 aromatic carbocycles. The van der Waals surface area contributed by atoms with Gasteiger partial charge >= 0.3 is 0 Å². The van der Waals surface area contributed by atoms with Gasteiger partial charge in [0, 0.05) is 19.8 Å². The van der Waals surface area contributed by atoms with E-state index in [1.165, 1.54) is 6.20 Å². The van der Waals surface area contributed by atoms with Gasteiger partial charge in [-0.15, -0.1) is 0 Å². The van der Waals surface area contributed by atoms with Crippen molar-refractivity contribution in [3.8, 4) is 0 Å². The van der Waals surface area contributed by atoms with Gasteiger partial charge in [-0.3, -0.25) is 4.79 Å². The number of aromatic nitrogens is 1. The number of pyridine rings is 1. The van der Waals surface area contributed by atoms with E-state index in [1.54, 1.807) is 13.1 Å². The zero-order valence-corrected chi connectivity index (χ0v) is 12.4. The number of hydrogen-bond donors (Lipinski definition) is 2. The Kier molecular flexibility index (Phi) is 6.59. The first-order chi connectivity index (χ1) is 9.04. The van der Waals surface area contributed by atoms with Crippen molar-refractivity contribution in [1.29, 1.82) is 0 Å². The van der Waals surface area contributed by atoms with Gasteiger partial charge in [0.05, 0.1) is 10.6 Å². The lowest BCUT2D eigenvalue weighted by Gasteiger charge is -2.10. The maximum atomic E-state index is 11.9. The quantitative estimate of drug-likeness (QED) is 0.750. The lowest BCUT2D eigenvalue weighted by atomic mass is 10.2. The lowest BCUT2D eigenvalue weighted by Crippen LogP contribution is -2.25. The van der Waals surface area contributed by atoms with Crippen molar-refractivity contribution in [3.63, 3.8) is 0 Å². The van der Waals surface area contributed by atoms with Gasteiger partial charge in [0.1, 0.15) is 5.82 Å². The van der Waals surface area contributed by atoms with Crippen LogP contribution in [-0.4, -0.2) is 50.0 Å². The molecule has 0 aliphatic heterocycles. The summed E-state index contributed by atoms with van der Waals surface area (Å²) >= 11 is 5.98. The third-order valence-corrected chi connectivity index (χ3v) is 2.95. The van der Waals surface area contributed by atoms with E-state index in [-0.39, 0.29) is 5.91 Å². The molecule has 1 amide bonds. The molecule has 2 N–H and O–H groups in total. The van der Waals surface area contributed by atoms with Crippen molar-refractivity contribution in [2.24, 2.45) is 0 Å². The molecule has 19 heavy (non-hydrogen) atoms. The fraction of sp³-hybridized carbons (Fsp3) is 0.538. The summed E-state index contributed by atoms with van der Waals surface area (Å²) in [7, 11) is 5.81. The lowest BCUT2D eigenvalue weighted by molar-refractivity contribution is 0.0952. The normalized spacial score (nSPS) is 10.6. The number of unbranched alkanes of at least 4 members (excludes halogenated alkanes) is 1. The van der Waals surface area contributed by atoms with Gasteiger partial charge < -0.3 is 15.5 Å². The number of amides is 1. The van der Waals surface area contributed by atoms with Crippen molar-refractivity contribution in [2.45, 2.75) is 12.8 Å². The molecule has 5 nitrogen and oxygen atoms in total. The summed E-state index contributed by atoms with van der Waals surface area (Å²) in [6.07, 6.45) is 3.54. The smallest absolute Gasteiger partial charge is 0.252 e. The van der Waals surface area contributed by atoms with E-state index in [2.05, 4.69) is 20.5 Å². The van der Waals surface area contributed by atoms with Crippen LogP contribution in [-0.2, 0) is 0 Å². The molecule has 0 unspecified atom stereocenters.